The van der Waals surface area contributed by atoms with Crippen molar-refractivity contribution >= 4 is 28.6 Å². The first-order chi connectivity index (χ1) is 11.7. The van der Waals surface area contributed by atoms with E-state index < -0.39 is 11.4 Å². The number of aromatic nitrogens is 1. The van der Waals surface area contributed by atoms with E-state index in [0.717, 1.165) is 39.9 Å². The van der Waals surface area contributed by atoms with Gasteiger partial charge in [-0.05, 0) is 30.5 Å². The number of benzene rings is 2. The number of aliphatic carboxylic acids is 1. The van der Waals surface area contributed by atoms with Crippen molar-refractivity contribution < 1.29 is 9.90 Å². The second-order valence-electron chi connectivity index (χ2n) is 6.27. The van der Waals surface area contributed by atoms with E-state index in [9.17, 15) is 9.90 Å². The van der Waals surface area contributed by atoms with Crippen LogP contribution in [0.25, 0.3) is 22.0 Å². The highest BCUT2D eigenvalue weighted by atomic mass is 32.2. The summed E-state index contributed by atoms with van der Waals surface area (Å²) in [6.07, 6.45) is 1.53. The van der Waals surface area contributed by atoms with Crippen molar-refractivity contribution in [3.63, 3.8) is 0 Å². The Bertz CT molecular complexity index is 904. The van der Waals surface area contributed by atoms with Crippen molar-refractivity contribution in [1.29, 1.82) is 0 Å². The molecule has 1 aliphatic rings. The molecule has 3 aromatic rings. The van der Waals surface area contributed by atoms with Crippen LogP contribution < -0.4 is 0 Å². The quantitative estimate of drug-likeness (QED) is 0.677. The maximum absolute atomic E-state index is 11.4. The molecule has 0 aliphatic heterocycles. The summed E-state index contributed by atoms with van der Waals surface area (Å²) in [5.41, 5.74) is 2.57. The number of nitrogens with zero attached hydrogens (tertiary/aromatic N) is 1. The van der Waals surface area contributed by atoms with Gasteiger partial charge in [0.2, 0.25) is 0 Å². The summed E-state index contributed by atoms with van der Waals surface area (Å²) in [6.45, 7) is 0. The van der Waals surface area contributed by atoms with Gasteiger partial charge in [-0.25, -0.2) is 4.98 Å². The molecule has 0 atom stereocenters. The van der Waals surface area contributed by atoms with E-state index in [1.54, 1.807) is 11.8 Å². The summed E-state index contributed by atoms with van der Waals surface area (Å²) in [7, 11) is 0. The standard InChI is InChI=1S/C20H17NO2S/c22-19(23)20(10-11-20)13-24-18-16(14-6-2-1-3-7-14)12-15-8-4-5-9-17(15)21-18/h1-9,12H,10-11,13H2,(H,22,23). The molecule has 1 fully saturated rings. The molecule has 24 heavy (non-hydrogen) atoms. The normalized spacial score (nSPS) is 15.3. The van der Waals surface area contributed by atoms with Crippen molar-refractivity contribution in [2.75, 3.05) is 5.75 Å². The minimum absolute atomic E-state index is 0.550. The lowest BCUT2D eigenvalue weighted by Crippen LogP contribution is -2.17. The Morgan fingerprint density at radius 3 is 2.50 bits per heavy atom. The van der Waals surface area contributed by atoms with Gasteiger partial charge >= 0.3 is 5.97 Å². The van der Waals surface area contributed by atoms with Gasteiger partial charge in [0.25, 0.3) is 0 Å². The van der Waals surface area contributed by atoms with E-state index in [0.29, 0.717) is 5.75 Å². The van der Waals surface area contributed by atoms with Gasteiger partial charge in [0, 0.05) is 16.7 Å². The van der Waals surface area contributed by atoms with Crippen molar-refractivity contribution in [1.82, 2.24) is 4.98 Å². The molecule has 0 spiro atoms. The molecule has 4 rings (SSSR count). The Kier molecular flexibility index (Phi) is 3.77. The summed E-state index contributed by atoms with van der Waals surface area (Å²) in [4.78, 5) is 16.3. The fourth-order valence-electron chi connectivity index (χ4n) is 2.81. The van der Waals surface area contributed by atoms with Crippen molar-refractivity contribution in [3.05, 3.63) is 60.7 Å². The van der Waals surface area contributed by atoms with Crippen LogP contribution >= 0.6 is 11.8 Å². The highest BCUT2D eigenvalue weighted by Gasteiger charge is 2.50. The second kappa shape index (κ2) is 5.95. The zero-order valence-corrected chi connectivity index (χ0v) is 13.9. The van der Waals surface area contributed by atoms with Crippen LogP contribution in [-0.2, 0) is 4.79 Å². The van der Waals surface area contributed by atoms with Crippen LogP contribution in [0.15, 0.2) is 65.7 Å². The first-order valence-corrected chi connectivity index (χ1v) is 8.98. The number of hydrogen-bond acceptors (Lipinski definition) is 3. The number of pyridine rings is 1. The van der Waals surface area contributed by atoms with Gasteiger partial charge in [0.15, 0.2) is 0 Å². The molecule has 0 unspecified atom stereocenters. The fraction of sp³-hybridized carbons (Fsp3) is 0.200. The number of carboxylic acid groups (broad SMARTS) is 1. The summed E-state index contributed by atoms with van der Waals surface area (Å²) < 4.78 is 0. The average molecular weight is 335 g/mol. The molecule has 1 aliphatic carbocycles. The number of rotatable bonds is 5. The molecule has 1 N–H and O–H groups in total. The molecule has 1 aromatic heterocycles. The van der Waals surface area contributed by atoms with E-state index in [2.05, 4.69) is 24.3 Å². The second-order valence-corrected chi connectivity index (χ2v) is 7.24. The maximum Gasteiger partial charge on any atom is 0.310 e. The van der Waals surface area contributed by atoms with Crippen molar-refractivity contribution in [2.45, 2.75) is 17.9 Å². The van der Waals surface area contributed by atoms with Gasteiger partial charge in [0.05, 0.1) is 10.9 Å². The van der Waals surface area contributed by atoms with Crippen LogP contribution in [0.2, 0.25) is 0 Å². The Morgan fingerprint density at radius 1 is 1.08 bits per heavy atom. The van der Waals surface area contributed by atoms with Crippen LogP contribution in [0.5, 0.6) is 0 Å². The molecule has 1 saturated carbocycles. The molecule has 0 amide bonds. The fourth-order valence-corrected chi connectivity index (χ4v) is 4.13. The van der Waals surface area contributed by atoms with Gasteiger partial charge in [0.1, 0.15) is 5.03 Å². The topological polar surface area (TPSA) is 50.2 Å². The van der Waals surface area contributed by atoms with Gasteiger partial charge < -0.3 is 5.11 Å². The Morgan fingerprint density at radius 2 is 1.79 bits per heavy atom. The molecule has 3 nitrogen and oxygen atoms in total. The van der Waals surface area contributed by atoms with Gasteiger partial charge in [-0.1, -0.05) is 48.5 Å². The Hall–Kier alpha value is -2.33. The van der Waals surface area contributed by atoms with E-state index in [1.165, 1.54) is 0 Å². The number of para-hydroxylation sites is 1. The van der Waals surface area contributed by atoms with Gasteiger partial charge in [-0.3, -0.25) is 4.79 Å². The zero-order chi connectivity index (χ0) is 16.6. The van der Waals surface area contributed by atoms with Crippen molar-refractivity contribution in [2.24, 2.45) is 5.41 Å². The van der Waals surface area contributed by atoms with E-state index in [-0.39, 0.29) is 0 Å². The minimum atomic E-state index is -0.683. The monoisotopic (exact) mass is 335 g/mol. The SMILES string of the molecule is O=C(O)C1(CSc2nc3ccccc3cc2-c2ccccc2)CC1. The van der Waals surface area contributed by atoms with Crippen molar-refractivity contribution in [3.8, 4) is 11.1 Å². The molecular weight excluding hydrogens is 318 g/mol. The van der Waals surface area contributed by atoms with Crippen LogP contribution in [0.4, 0.5) is 0 Å². The average Bonchev–Trinajstić information content (AvgIpc) is 3.41. The lowest BCUT2D eigenvalue weighted by Gasteiger charge is -2.13. The third kappa shape index (κ3) is 2.78. The highest BCUT2D eigenvalue weighted by molar-refractivity contribution is 7.99. The third-order valence-corrected chi connectivity index (χ3v) is 5.85. The van der Waals surface area contributed by atoms with E-state index in [1.807, 2.05) is 36.4 Å². The van der Waals surface area contributed by atoms with Crippen LogP contribution in [0, 0.1) is 5.41 Å². The molecule has 120 valence electrons. The lowest BCUT2D eigenvalue weighted by molar-refractivity contribution is -0.142. The molecule has 2 aromatic carbocycles. The maximum atomic E-state index is 11.4. The molecule has 0 saturated heterocycles. The smallest absolute Gasteiger partial charge is 0.310 e. The number of thioether (sulfide) groups is 1. The van der Waals surface area contributed by atoms with Crippen LogP contribution in [-0.4, -0.2) is 21.8 Å². The van der Waals surface area contributed by atoms with Gasteiger partial charge in [-0.2, -0.15) is 0 Å². The number of carbonyl (C=O) groups is 1. The third-order valence-electron chi connectivity index (χ3n) is 4.57. The first-order valence-electron chi connectivity index (χ1n) is 7.99. The largest absolute Gasteiger partial charge is 0.481 e. The van der Waals surface area contributed by atoms with E-state index >= 15 is 0 Å². The van der Waals surface area contributed by atoms with E-state index in [4.69, 9.17) is 4.98 Å². The number of carboxylic acids is 1. The Labute approximate surface area is 144 Å². The number of fused-ring (bicyclic) bond motifs is 1. The van der Waals surface area contributed by atoms with Crippen LogP contribution in [0.3, 0.4) is 0 Å². The molecule has 0 bridgehead atoms. The zero-order valence-electron chi connectivity index (χ0n) is 13.1. The molecule has 1 heterocycles. The number of hydrogen-bond donors (Lipinski definition) is 1. The molecular formula is C20H17NO2S. The summed E-state index contributed by atoms with van der Waals surface area (Å²) in [6, 6.07) is 20.4. The predicted octanol–water partition coefficient (Wildman–Crippen LogP) is 4.86. The minimum Gasteiger partial charge on any atom is -0.481 e. The molecule has 0 radical (unpaired) electrons. The Balaban J connectivity index is 1.76. The lowest BCUT2D eigenvalue weighted by atomic mass is 10.1. The summed E-state index contributed by atoms with van der Waals surface area (Å²) in [5, 5.41) is 11.4. The molecule has 4 heteroatoms. The first kappa shape index (κ1) is 15.2. The predicted molar refractivity (Wildman–Crippen MR) is 97.2 cm³/mol. The summed E-state index contributed by atoms with van der Waals surface area (Å²) >= 11 is 1.56. The highest BCUT2D eigenvalue weighted by Crippen LogP contribution is 2.50. The van der Waals surface area contributed by atoms with Crippen LogP contribution in [0.1, 0.15) is 12.8 Å². The summed E-state index contributed by atoms with van der Waals surface area (Å²) in [5.74, 6) is -0.106. The van der Waals surface area contributed by atoms with Gasteiger partial charge in [-0.15, -0.1) is 11.8 Å².